The maximum Gasteiger partial charge on any atom is 0.323 e. The molecule has 1 aliphatic rings. The third-order valence-corrected chi connectivity index (χ3v) is 5.85. The lowest BCUT2D eigenvalue weighted by atomic mass is 9.98. The van der Waals surface area contributed by atoms with Gasteiger partial charge in [-0.2, -0.15) is 0 Å². The smallest absolute Gasteiger partial charge is 0.323 e. The molecule has 0 atom stereocenters. The van der Waals surface area contributed by atoms with Gasteiger partial charge in [-0.25, -0.2) is 4.79 Å². The third kappa shape index (κ3) is 6.23. The minimum atomic E-state index is -0.345. The first-order valence-electron chi connectivity index (χ1n) is 11.2. The van der Waals surface area contributed by atoms with Crippen molar-refractivity contribution in [3.8, 4) is 0 Å². The molecule has 1 aliphatic heterocycles. The lowest BCUT2D eigenvalue weighted by Crippen LogP contribution is -2.35. The van der Waals surface area contributed by atoms with Crippen molar-refractivity contribution >= 4 is 29.0 Å². The van der Waals surface area contributed by atoms with E-state index in [0.29, 0.717) is 30.3 Å². The van der Waals surface area contributed by atoms with Crippen LogP contribution >= 0.6 is 0 Å². The normalized spacial score (nSPS) is 14.2. The standard InChI is InChI=1S/C25H34N4O3/c1-17-9-12-29(13-10-17)23-8-6-20(16-21(23)24(30)26-11-14-32-4)27-25(31)28-22-7-5-18(2)15-19(22)3/h5-8,15-17H,9-14H2,1-4H3,(H,26,30)(H2,27,28,31). The molecule has 0 radical (unpaired) electrons. The summed E-state index contributed by atoms with van der Waals surface area (Å²) < 4.78 is 5.05. The number of urea groups is 1. The van der Waals surface area contributed by atoms with Gasteiger partial charge in [0.2, 0.25) is 0 Å². The van der Waals surface area contributed by atoms with E-state index in [4.69, 9.17) is 4.74 Å². The van der Waals surface area contributed by atoms with E-state index in [1.807, 2.05) is 44.2 Å². The van der Waals surface area contributed by atoms with Gasteiger partial charge in [0, 0.05) is 43.8 Å². The number of hydrogen-bond acceptors (Lipinski definition) is 4. The fourth-order valence-electron chi connectivity index (χ4n) is 3.92. The van der Waals surface area contributed by atoms with E-state index in [1.165, 1.54) is 0 Å². The molecule has 1 heterocycles. The van der Waals surface area contributed by atoms with Crippen LogP contribution in [0.5, 0.6) is 0 Å². The maximum absolute atomic E-state index is 12.9. The van der Waals surface area contributed by atoms with Crippen LogP contribution in [0.25, 0.3) is 0 Å². The quantitative estimate of drug-likeness (QED) is 0.554. The highest BCUT2D eigenvalue weighted by Crippen LogP contribution is 2.29. The maximum atomic E-state index is 12.9. The molecule has 0 aliphatic carbocycles. The van der Waals surface area contributed by atoms with Gasteiger partial charge < -0.3 is 25.6 Å². The second kappa shape index (κ2) is 11.0. The first-order valence-corrected chi connectivity index (χ1v) is 11.2. The molecule has 3 amide bonds. The van der Waals surface area contributed by atoms with E-state index in [2.05, 4.69) is 27.8 Å². The number of ether oxygens (including phenoxy) is 1. The van der Waals surface area contributed by atoms with Gasteiger partial charge in [0.15, 0.2) is 0 Å². The fourth-order valence-corrected chi connectivity index (χ4v) is 3.92. The van der Waals surface area contributed by atoms with Gasteiger partial charge in [0.05, 0.1) is 12.2 Å². The molecule has 1 saturated heterocycles. The van der Waals surface area contributed by atoms with Gasteiger partial charge in [-0.3, -0.25) is 4.79 Å². The van der Waals surface area contributed by atoms with Crippen LogP contribution in [0.4, 0.5) is 21.9 Å². The number of methoxy groups -OCH3 is 1. The number of piperidine rings is 1. The van der Waals surface area contributed by atoms with E-state index in [1.54, 1.807) is 13.2 Å². The van der Waals surface area contributed by atoms with E-state index < -0.39 is 0 Å². The second-order valence-corrected chi connectivity index (χ2v) is 8.55. The molecule has 172 valence electrons. The molecule has 3 rings (SSSR count). The van der Waals surface area contributed by atoms with Crippen molar-refractivity contribution in [3.05, 3.63) is 53.1 Å². The van der Waals surface area contributed by atoms with E-state index in [0.717, 1.165) is 48.4 Å². The van der Waals surface area contributed by atoms with Crippen molar-refractivity contribution in [1.29, 1.82) is 0 Å². The number of nitrogens with one attached hydrogen (secondary N) is 3. The zero-order valence-corrected chi connectivity index (χ0v) is 19.5. The van der Waals surface area contributed by atoms with Crippen molar-refractivity contribution < 1.29 is 14.3 Å². The number of carbonyl (C=O) groups excluding carboxylic acids is 2. The zero-order valence-electron chi connectivity index (χ0n) is 19.5. The number of benzene rings is 2. The second-order valence-electron chi connectivity index (χ2n) is 8.55. The number of rotatable bonds is 7. The van der Waals surface area contributed by atoms with Gasteiger partial charge in [-0.15, -0.1) is 0 Å². The summed E-state index contributed by atoms with van der Waals surface area (Å²) in [6, 6.07) is 11.0. The first kappa shape index (κ1) is 23.6. The molecule has 0 spiro atoms. The minimum absolute atomic E-state index is 0.172. The van der Waals surface area contributed by atoms with E-state index >= 15 is 0 Å². The number of anilines is 3. The molecule has 2 aromatic rings. The number of nitrogens with zero attached hydrogens (tertiary/aromatic N) is 1. The number of carbonyl (C=O) groups is 2. The summed E-state index contributed by atoms with van der Waals surface area (Å²) >= 11 is 0. The molecular formula is C25H34N4O3. The Bertz CT molecular complexity index is 952. The average molecular weight is 439 g/mol. The highest BCUT2D eigenvalue weighted by atomic mass is 16.5. The van der Waals surface area contributed by atoms with Gasteiger partial charge in [-0.1, -0.05) is 24.6 Å². The lowest BCUT2D eigenvalue weighted by Gasteiger charge is -2.33. The van der Waals surface area contributed by atoms with Crippen molar-refractivity contribution in [2.45, 2.75) is 33.6 Å². The Morgan fingerprint density at radius 1 is 1.06 bits per heavy atom. The molecule has 7 nitrogen and oxygen atoms in total. The van der Waals surface area contributed by atoms with Gasteiger partial charge >= 0.3 is 6.03 Å². The highest BCUT2D eigenvalue weighted by Gasteiger charge is 2.22. The summed E-state index contributed by atoms with van der Waals surface area (Å²) in [7, 11) is 1.60. The Kier molecular flexibility index (Phi) is 8.11. The fraction of sp³-hybridized carbons (Fsp3) is 0.440. The molecule has 32 heavy (non-hydrogen) atoms. The van der Waals surface area contributed by atoms with Crippen LogP contribution in [0.2, 0.25) is 0 Å². The van der Waals surface area contributed by atoms with E-state index in [-0.39, 0.29) is 11.9 Å². The number of amides is 3. The Hall–Kier alpha value is -3.06. The molecule has 2 aromatic carbocycles. The van der Waals surface area contributed by atoms with Crippen LogP contribution < -0.4 is 20.9 Å². The summed E-state index contributed by atoms with van der Waals surface area (Å²) in [6.07, 6.45) is 2.20. The van der Waals surface area contributed by atoms with Crippen LogP contribution in [0.15, 0.2) is 36.4 Å². The van der Waals surface area contributed by atoms with Crippen LogP contribution in [0, 0.1) is 19.8 Å². The summed E-state index contributed by atoms with van der Waals surface area (Å²) in [5, 5.41) is 8.64. The van der Waals surface area contributed by atoms with Gasteiger partial charge in [-0.05, 0) is 62.4 Å². The Morgan fingerprint density at radius 3 is 2.50 bits per heavy atom. The summed E-state index contributed by atoms with van der Waals surface area (Å²) in [5.74, 6) is 0.522. The minimum Gasteiger partial charge on any atom is -0.383 e. The third-order valence-electron chi connectivity index (χ3n) is 5.85. The molecule has 0 bridgehead atoms. The van der Waals surface area contributed by atoms with Gasteiger partial charge in [0.25, 0.3) is 5.91 Å². The van der Waals surface area contributed by atoms with Crippen LogP contribution in [-0.2, 0) is 4.74 Å². The average Bonchev–Trinajstić information content (AvgIpc) is 2.76. The SMILES string of the molecule is COCCNC(=O)c1cc(NC(=O)Nc2ccc(C)cc2C)ccc1N1CCC(C)CC1. The molecule has 0 saturated carbocycles. The lowest BCUT2D eigenvalue weighted by molar-refractivity contribution is 0.0937. The van der Waals surface area contributed by atoms with E-state index in [9.17, 15) is 9.59 Å². The Labute approximate surface area is 190 Å². The Balaban J connectivity index is 1.77. The first-order chi connectivity index (χ1) is 15.4. The number of hydrogen-bond donors (Lipinski definition) is 3. The van der Waals surface area contributed by atoms with Gasteiger partial charge in [0.1, 0.15) is 0 Å². The number of aryl methyl sites for hydroxylation is 2. The van der Waals surface area contributed by atoms with Crippen LogP contribution in [-0.4, -0.2) is 45.3 Å². The van der Waals surface area contributed by atoms with Crippen molar-refractivity contribution in [3.63, 3.8) is 0 Å². The largest absolute Gasteiger partial charge is 0.383 e. The summed E-state index contributed by atoms with van der Waals surface area (Å²) in [4.78, 5) is 27.8. The predicted octanol–water partition coefficient (Wildman–Crippen LogP) is 4.56. The summed E-state index contributed by atoms with van der Waals surface area (Å²) in [6.45, 7) is 8.94. The monoisotopic (exact) mass is 438 g/mol. The molecule has 1 fully saturated rings. The van der Waals surface area contributed by atoms with Crippen LogP contribution in [0.3, 0.4) is 0 Å². The Morgan fingerprint density at radius 2 is 1.81 bits per heavy atom. The van der Waals surface area contributed by atoms with Crippen molar-refractivity contribution in [2.75, 3.05) is 48.9 Å². The summed E-state index contributed by atoms with van der Waals surface area (Å²) in [5.41, 5.74) is 4.91. The molecular weight excluding hydrogens is 404 g/mol. The molecule has 0 unspecified atom stereocenters. The predicted molar refractivity (Wildman–Crippen MR) is 130 cm³/mol. The molecule has 7 heteroatoms. The topological polar surface area (TPSA) is 82.7 Å². The zero-order chi connectivity index (χ0) is 23.1. The van der Waals surface area contributed by atoms with Crippen molar-refractivity contribution in [2.24, 2.45) is 5.92 Å². The molecule has 0 aromatic heterocycles. The molecule has 3 N–H and O–H groups in total. The van der Waals surface area contributed by atoms with Crippen molar-refractivity contribution in [1.82, 2.24) is 5.32 Å². The van der Waals surface area contributed by atoms with Crippen LogP contribution in [0.1, 0.15) is 41.3 Å². The highest BCUT2D eigenvalue weighted by molar-refractivity contribution is 6.04.